The average molecular weight is 461 g/mol. The third-order valence-electron chi connectivity index (χ3n) is 5.63. The molecule has 0 radical (unpaired) electrons. The fourth-order valence-corrected chi connectivity index (χ4v) is 4.69. The summed E-state index contributed by atoms with van der Waals surface area (Å²) in [6.07, 6.45) is 3.85. The van der Waals surface area contributed by atoms with Crippen molar-refractivity contribution in [3.05, 3.63) is 108 Å². The largest absolute Gasteiger partial charge is 0.495 e. The van der Waals surface area contributed by atoms with Gasteiger partial charge in [-0.2, -0.15) is 0 Å². The van der Waals surface area contributed by atoms with Crippen molar-refractivity contribution in [3.8, 4) is 11.4 Å². The summed E-state index contributed by atoms with van der Waals surface area (Å²) in [5.41, 5.74) is 3.91. The summed E-state index contributed by atoms with van der Waals surface area (Å²) in [7, 11) is 1.69. The van der Waals surface area contributed by atoms with Crippen LogP contribution < -0.4 is 15.0 Å². The zero-order valence-corrected chi connectivity index (χ0v) is 18.9. The maximum absolute atomic E-state index is 6.16. The highest BCUT2D eigenvalue weighted by Gasteiger charge is 2.42. The molecule has 160 valence electrons. The molecule has 2 aromatic heterocycles. The molecule has 2 aromatic carbocycles. The number of anilines is 1. The number of rotatable bonds is 5. The van der Waals surface area contributed by atoms with Crippen molar-refractivity contribution in [1.82, 2.24) is 14.9 Å². The molecule has 1 saturated heterocycles. The van der Waals surface area contributed by atoms with Crippen LogP contribution in [0.3, 0.4) is 0 Å². The lowest BCUT2D eigenvalue weighted by atomic mass is 10.0. The number of halogens is 1. The minimum Gasteiger partial charge on any atom is -0.495 e. The van der Waals surface area contributed by atoms with Gasteiger partial charge in [0.2, 0.25) is 0 Å². The van der Waals surface area contributed by atoms with Gasteiger partial charge in [-0.15, -0.1) is 0 Å². The van der Waals surface area contributed by atoms with E-state index in [0.717, 1.165) is 28.5 Å². The molecule has 1 fully saturated rings. The van der Waals surface area contributed by atoms with Crippen molar-refractivity contribution in [2.75, 3.05) is 12.0 Å². The Morgan fingerprint density at radius 2 is 1.75 bits per heavy atom. The molecule has 3 heterocycles. The highest BCUT2D eigenvalue weighted by atomic mass is 35.5. The van der Waals surface area contributed by atoms with E-state index in [2.05, 4.69) is 25.8 Å². The van der Waals surface area contributed by atoms with Gasteiger partial charge in [0, 0.05) is 28.8 Å². The molecule has 1 aliphatic rings. The molecule has 0 aliphatic carbocycles. The van der Waals surface area contributed by atoms with Crippen LogP contribution in [0.25, 0.3) is 5.69 Å². The van der Waals surface area contributed by atoms with Gasteiger partial charge in [-0.3, -0.25) is 4.98 Å². The van der Waals surface area contributed by atoms with Crippen LogP contribution in [-0.2, 0) is 0 Å². The predicted molar refractivity (Wildman–Crippen MR) is 132 cm³/mol. The molecule has 5 nitrogen and oxygen atoms in total. The molecule has 5 rings (SSSR count). The summed E-state index contributed by atoms with van der Waals surface area (Å²) < 4.78 is 7.79. The van der Waals surface area contributed by atoms with Crippen LogP contribution in [0.2, 0.25) is 5.02 Å². The quantitative estimate of drug-likeness (QED) is 0.386. The highest BCUT2D eigenvalue weighted by molar-refractivity contribution is 7.80. The first kappa shape index (κ1) is 20.5. The van der Waals surface area contributed by atoms with E-state index in [1.165, 1.54) is 0 Å². The predicted octanol–water partition coefficient (Wildman–Crippen LogP) is 5.71. The lowest BCUT2D eigenvalue weighted by Crippen LogP contribution is -2.30. The fraction of sp³-hybridized carbons (Fsp3) is 0.120. The number of hydrogen-bond acceptors (Lipinski definition) is 3. The Balaban J connectivity index is 1.68. The molecule has 0 amide bonds. The molecule has 7 heteroatoms. The van der Waals surface area contributed by atoms with E-state index >= 15 is 0 Å². The van der Waals surface area contributed by atoms with Crippen LogP contribution in [0.5, 0.6) is 5.75 Å². The molecule has 32 heavy (non-hydrogen) atoms. The number of thiocarbonyl (C=S) groups is 1. The van der Waals surface area contributed by atoms with Gasteiger partial charge in [0.15, 0.2) is 5.11 Å². The third kappa shape index (κ3) is 3.61. The van der Waals surface area contributed by atoms with E-state index in [1.807, 2.05) is 79.0 Å². The number of pyridine rings is 1. The second kappa shape index (κ2) is 8.65. The number of benzene rings is 2. The molecule has 1 N–H and O–H groups in total. The van der Waals surface area contributed by atoms with Crippen molar-refractivity contribution in [1.29, 1.82) is 0 Å². The van der Waals surface area contributed by atoms with Gasteiger partial charge in [0.25, 0.3) is 0 Å². The molecule has 0 bridgehead atoms. The monoisotopic (exact) mass is 460 g/mol. The molecule has 4 aromatic rings. The molecule has 0 saturated carbocycles. The van der Waals surface area contributed by atoms with Crippen LogP contribution in [0.1, 0.15) is 23.5 Å². The highest BCUT2D eigenvalue weighted by Crippen LogP contribution is 2.43. The van der Waals surface area contributed by atoms with Gasteiger partial charge in [-0.25, -0.2) is 0 Å². The number of ether oxygens (including phenoxy) is 1. The first-order chi connectivity index (χ1) is 15.7. The molecule has 0 unspecified atom stereocenters. The first-order valence-electron chi connectivity index (χ1n) is 10.2. The van der Waals surface area contributed by atoms with Gasteiger partial charge in [0.1, 0.15) is 11.8 Å². The van der Waals surface area contributed by atoms with Crippen LogP contribution >= 0.6 is 23.8 Å². The van der Waals surface area contributed by atoms with Gasteiger partial charge in [-0.05, 0) is 72.9 Å². The maximum atomic E-state index is 6.16. The van der Waals surface area contributed by atoms with Crippen LogP contribution in [-0.4, -0.2) is 21.8 Å². The Labute approximate surface area is 197 Å². The SMILES string of the molecule is COc1ccccc1-n1cccc1[C@@H]1[C@H](c2ccccn2)NC(=S)N1c1ccc(Cl)cc1. The van der Waals surface area contributed by atoms with E-state index in [9.17, 15) is 0 Å². The van der Waals surface area contributed by atoms with Gasteiger partial charge >= 0.3 is 0 Å². The number of nitrogens with one attached hydrogen (secondary N) is 1. The maximum Gasteiger partial charge on any atom is 0.174 e. The number of para-hydroxylation sites is 2. The summed E-state index contributed by atoms with van der Waals surface area (Å²) in [5.74, 6) is 0.797. The molecule has 2 atom stereocenters. The Morgan fingerprint density at radius 3 is 2.50 bits per heavy atom. The summed E-state index contributed by atoms with van der Waals surface area (Å²) in [5, 5.41) is 4.82. The van der Waals surface area contributed by atoms with Gasteiger partial charge < -0.3 is 19.5 Å². The average Bonchev–Trinajstić information content (AvgIpc) is 3.44. The zero-order valence-electron chi connectivity index (χ0n) is 17.4. The number of nitrogens with zero attached hydrogens (tertiary/aromatic N) is 3. The number of methoxy groups -OCH3 is 1. The van der Waals surface area contributed by atoms with Gasteiger partial charge in [0.05, 0.1) is 24.5 Å². The summed E-state index contributed by atoms with van der Waals surface area (Å²) >= 11 is 12.0. The van der Waals surface area contributed by atoms with Crippen LogP contribution in [0.15, 0.2) is 91.3 Å². The lowest BCUT2D eigenvalue weighted by molar-refractivity contribution is 0.412. The Bertz CT molecular complexity index is 1240. The summed E-state index contributed by atoms with van der Waals surface area (Å²) in [6, 6.07) is 25.5. The fourth-order valence-electron chi connectivity index (χ4n) is 4.22. The zero-order chi connectivity index (χ0) is 22.1. The van der Waals surface area contributed by atoms with Crippen molar-refractivity contribution in [2.24, 2.45) is 0 Å². The van der Waals surface area contributed by atoms with E-state index < -0.39 is 0 Å². The van der Waals surface area contributed by atoms with Crippen molar-refractivity contribution in [3.63, 3.8) is 0 Å². The third-order valence-corrected chi connectivity index (χ3v) is 6.20. The van der Waals surface area contributed by atoms with Gasteiger partial charge in [-0.1, -0.05) is 29.8 Å². The van der Waals surface area contributed by atoms with Crippen molar-refractivity contribution < 1.29 is 4.74 Å². The topological polar surface area (TPSA) is 42.3 Å². The van der Waals surface area contributed by atoms with Crippen LogP contribution in [0.4, 0.5) is 5.69 Å². The second-order valence-electron chi connectivity index (χ2n) is 7.45. The Morgan fingerprint density at radius 1 is 0.969 bits per heavy atom. The molecule has 0 spiro atoms. The molecular formula is C25H21ClN4OS. The van der Waals surface area contributed by atoms with Crippen molar-refractivity contribution >= 4 is 34.6 Å². The first-order valence-corrected chi connectivity index (χ1v) is 11.0. The standard InChI is InChI=1S/C25H21ClN4OS/c1-31-22-10-3-2-8-20(22)29-16-6-9-21(29)24-23(19-7-4-5-15-27-19)28-25(32)30(24)18-13-11-17(26)12-14-18/h2-16,23-24H,1H3,(H,28,32)/t23-,24+/m0/s1. The molecule has 1 aliphatic heterocycles. The van der Waals surface area contributed by atoms with Crippen molar-refractivity contribution in [2.45, 2.75) is 12.1 Å². The minimum atomic E-state index is -0.140. The number of hydrogen-bond donors (Lipinski definition) is 1. The van der Waals surface area contributed by atoms with E-state index in [1.54, 1.807) is 13.3 Å². The van der Waals surface area contributed by atoms with Crippen LogP contribution in [0, 0.1) is 0 Å². The molecular weight excluding hydrogens is 440 g/mol. The van der Waals surface area contributed by atoms with E-state index in [-0.39, 0.29) is 12.1 Å². The lowest BCUT2D eigenvalue weighted by Gasteiger charge is -2.29. The number of aromatic nitrogens is 2. The smallest absolute Gasteiger partial charge is 0.174 e. The minimum absolute atomic E-state index is 0.136. The van der Waals surface area contributed by atoms with E-state index in [4.69, 9.17) is 28.6 Å². The Hall–Kier alpha value is -3.35. The Kier molecular flexibility index (Phi) is 5.55. The summed E-state index contributed by atoms with van der Waals surface area (Å²) in [4.78, 5) is 6.76. The van der Waals surface area contributed by atoms with E-state index in [0.29, 0.717) is 10.1 Å². The summed E-state index contributed by atoms with van der Waals surface area (Å²) in [6.45, 7) is 0. The normalized spacial score (nSPS) is 17.9. The second-order valence-corrected chi connectivity index (χ2v) is 8.27.